The third-order valence-corrected chi connectivity index (χ3v) is 3.93. The molecule has 1 heterocycles. The number of nitrogens with one attached hydrogen (secondary N) is 1. The van der Waals surface area contributed by atoms with Crippen molar-refractivity contribution in [3.8, 4) is 0 Å². The van der Waals surface area contributed by atoms with E-state index in [0.717, 1.165) is 0 Å². The Morgan fingerprint density at radius 3 is 3.06 bits per heavy atom. The first-order valence-electron chi connectivity index (χ1n) is 4.74. The fourth-order valence-electron chi connectivity index (χ4n) is 0.952. The third-order valence-electron chi connectivity index (χ3n) is 1.64. The summed E-state index contributed by atoms with van der Waals surface area (Å²) in [6.45, 7) is 1.98. The molecule has 1 rings (SSSR count). The van der Waals surface area contributed by atoms with E-state index in [-0.39, 0.29) is 11.6 Å². The van der Waals surface area contributed by atoms with Crippen LogP contribution in [-0.2, 0) is 4.79 Å². The van der Waals surface area contributed by atoms with Crippen molar-refractivity contribution in [2.75, 3.05) is 12.3 Å². The van der Waals surface area contributed by atoms with Gasteiger partial charge in [0.25, 0.3) is 0 Å². The third kappa shape index (κ3) is 5.05. The molecule has 17 heavy (non-hydrogen) atoms. The molecule has 0 aliphatic rings. The van der Waals surface area contributed by atoms with Gasteiger partial charge in [-0.2, -0.15) is 0 Å². The normalized spacial score (nSPS) is 9.94. The molecule has 0 aliphatic heterocycles. The molecular weight excluding hydrogens is 262 g/mol. The molecule has 0 aliphatic carbocycles. The van der Waals surface area contributed by atoms with Crippen molar-refractivity contribution in [2.24, 2.45) is 0 Å². The van der Waals surface area contributed by atoms with Gasteiger partial charge in [-0.15, -0.1) is 0 Å². The van der Waals surface area contributed by atoms with Gasteiger partial charge in [0.05, 0.1) is 4.92 Å². The smallest absolute Gasteiger partial charge is 0.302 e. The van der Waals surface area contributed by atoms with E-state index in [1.807, 2.05) is 0 Å². The highest BCUT2D eigenvalue weighted by atomic mass is 33.1. The maximum atomic E-state index is 10.7. The van der Waals surface area contributed by atoms with E-state index in [1.165, 1.54) is 46.8 Å². The Morgan fingerprint density at radius 2 is 2.41 bits per heavy atom. The van der Waals surface area contributed by atoms with Crippen LogP contribution in [-0.4, -0.2) is 28.1 Å². The number of carbonyl (C=O) groups excluding carboxylic acids is 1. The summed E-state index contributed by atoms with van der Waals surface area (Å²) in [5.74, 6) is 0.581. The second-order valence-electron chi connectivity index (χ2n) is 2.97. The lowest BCUT2D eigenvalue weighted by molar-refractivity contribution is -0.388. The highest BCUT2D eigenvalue weighted by Crippen LogP contribution is 2.34. The van der Waals surface area contributed by atoms with E-state index < -0.39 is 4.92 Å². The van der Waals surface area contributed by atoms with Crippen LogP contribution < -0.4 is 5.32 Å². The molecule has 1 aromatic heterocycles. The van der Waals surface area contributed by atoms with E-state index >= 15 is 0 Å². The van der Waals surface area contributed by atoms with E-state index in [0.29, 0.717) is 17.3 Å². The summed E-state index contributed by atoms with van der Waals surface area (Å²) in [7, 11) is 2.65. The van der Waals surface area contributed by atoms with Crippen LogP contribution in [0.5, 0.6) is 0 Å². The average molecular weight is 273 g/mol. The Balaban J connectivity index is 2.41. The Hall–Kier alpha value is -1.28. The Bertz CT molecular complexity index is 414. The number of rotatable bonds is 6. The van der Waals surface area contributed by atoms with Gasteiger partial charge in [-0.3, -0.25) is 14.9 Å². The lowest BCUT2D eigenvalue weighted by Crippen LogP contribution is -2.22. The highest BCUT2D eigenvalue weighted by Gasteiger charge is 2.14. The minimum Gasteiger partial charge on any atom is -0.355 e. The topological polar surface area (TPSA) is 85.1 Å². The molecule has 1 amide bonds. The molecule has 8 heteroatoms. The van der Waals surface area contributed by atoms with Gasteiger partial charge >= 0.3 is 5.69 Å². The summed E-state index contributed by atoms with van der Waals surface area (Å²) in [5, 5.41) is 13.7. The van der Waals surface area contributed by atoms with E-state index in [9.17, 15) is 14.9 Å². The summed E-state index contributed by atoms with van der Waals surface area (Å²) in [6.07, 6.45) is 1.52. The molecule has 0 atom stereocenters. The molecule has 0 unspecified atom stereocenters. The number of nitrogens with zero attached hydrogens (tertiary/aromatic N) is 2. The molecule has 92 valence electrons. The van der Waals surface area contributed by atoms with Crippen LogP contribution in [0.1, 0.15) is 6.92 Å². The van der Waals surface area contributed by atoms with E-state index in [1.54, 1.807) is 0 Å². The quantitative estimate of drug-likeness (QED) is 0.368. The summed E-state index contributed by atoms with van der Waals surface area (Å²) in [6, 6.07) is 2.95. The zero-order chi connectivity index (χ0) is 12.7. The largest absolute Gasteiger partial charge is 0.355 e. The molecule has 0 saturated heterocycles. The van der Waals surface area contributed by atoms with Crippen molar-refractivity contribution in [3.05, 3.63) is 28.4 Å². The Morgan fingerprint density at radius 1 is 1.65 bits per heavy atom. The van der Waals surface area contributed by atoms with Gasteiger partial charge in [0.15, 0.2) is 5.03 Å². The number of amides is 1. The first-order valence-corrected chi connectivity index (χ1v) is 7.06. The monoisotopic (exact) mass is 273 g/mol. The van der Waals surface area contributed by atoms with Gasteiger partial charge in [0, 0.05) is 31.5 Å². The minimum atomic E-state index is -0.455. The molecule has 0 saturated carbocycles. The van der Waals surface area contributed by atoms with Crippen LogP contribution >= 0.6 is 21.6 Å². The number of aromatic nitrogens is 1. The second-order valence-corrected chi connectivity index (χ2v) is 5.38. The number of carbonyl (C=O) groups is 1. The number of hydrogen-bond donors (Lipinski definition) is 1. The maximum absolute atomic E-state index is 10.7. The molecule has 0 bridgehead atoms. The zero-order valence-electron chi connectivity index (χ0n) is 9.08. The van der Waals surface area contributed by atoms with Crippen LogP contribution in [0.2, 0.25) is 0 Å². The lowest BCUT2D eigenvalue weighted by Gasteiger charge is -2.02. The first kappa shape index (κ1) is 13.8. The number of nitro groups is 1. The molecule has 0 radical (unpaired) electrons. The van der Waals surface area contributed by atoms with Gasteiger partial charge in [-0.05, 0) is 16.9 Å². The predicted octanol–water partition coefficient (Wildman–Crippen LogP) is 1.87. The van der Waals surface area contributed by atoms with Crippen LogP contribution in [0.15, 0.2) is 23.4 Å². The van der Waals surface area contributed by atoms with Crippen LogP contribution in [0, 0.1) is 10.1 Å². The van der Waals surface area contributed by atoms with Gasteiger partial charge in [0.1, 0.15) is 0 Å². The summed E-state index contributed by atoms with van der Waals surface area (Å²) >= 11 is 0. The maximum Gasteiger partial charge on any atom is 0.302 e. The van der Waals surface area contributed by atoms with E-state index in [4.69, 9.17) is 0 Å². The second kappa shape index (κ2) is 7.13. The van der Waals surface area contributed by atoms with Gasteiger partial charge in [0.2, 0.25) is 5.91 Å². The van der Waals surface area contributed by atoms with Crippen molar-refractivity contribution >= 4 is 33.2 Å². The molecule has 0 fully saturated rings. The van der Waals surface area contributed by atoms with E-state index in [2.05, 4.69) is 10.3 Å². The van der Waals surface area contributed by atoms with Crippen LogP contribution in [0.4, 0.5) is 5.69 Å². The first-order chi connectivity index (χ1) is 8.11. The van der Waals surface area contributed by atoms with Crippen molar-refractivity contribution in [1.29, 1.82) is 0 Å². The SMILES string of the molecule is CC(=O)NCCSSc1ncccc1[N+](=O)[O-]. The molecule has 1 N–H and O–H groups in total. The molecule has 6 nitrogen and oxygen atoms in total. The molecule has 0 aromatic carbocycles. The summed E-state index contributed by atoms with van der Waals surface area (Å²) in [4.78, 5) is 24.8. The van der Waals surface area contributed by atoms with Crippen molar-refractivity contribution in [2.45, 2.75) is 11.9 Å². The zero-order valence-corrected chi connectivity index (χ0v) is 10.7. The summed E-state index contributed by atoms with van der Waals surface area (Å²) in [5.41, 5.74) is 0.00419. The van der Waals surface area contributed by atoms with Gasteiger partial charge < -0.3 is 5.32 Å². The standard InChI is InChI=1S/C9H11N3O3S2/c1-7(13)10-5-6-16-17-9-8(12(14)15)3-2-4-11-9/h2-4H,5-6H2,1H3,(H,10,13). The molecular formula is C9H11N3O3S2. The van der Waals surface area contributed by atoms with Crippen molar-refractivity contribution in [1.82, 2.24) is 10.3 Å². The number of pyridine rings is 1. The van der Waals surface area contributed by atoms with Crippen LogP contribution in [0.25, 0.3) is 0 Å². The summed E-state index contributed by atoms with van der Waals surface area (Å²) < 4.78 is 0. The van der Waals surface area contributed by atoms with Crippen molar-refractivity contribution < 1.29 is 9.72 Å². The molecule has 1 aromatic rings. The minimum absolute atomic E-state index is 0.00419. The number of hydrogen-bond acceptors (Lipinski definition) is 6. The fraction of sp³-hybridized carbons (Fsp3) is 0.333. The average Bonchev–Trinajstić information content (AvgIpc) is 2.28. The van der Waals surface area contributed by atoms with Gasteiger partial charge in [-0.25, -0.2) is 4.98 Å². The fourth-order valence-corrected chi connectivity index (χ4v) is 2.88. The Labute approximate surface area is 106 Å². The van der Waals surface area contributed by atoms with Gasteiger partial charge in [-0.1, -0.05) is 10.8 Å². The lowest BCUT2D eigenvalue weighted by atomic mass is 10.4. The predicted molar refractivity (Wildman–Crippen MR) is 67.9 cm³/mol. The van der Waals surface area contributed by atoms with Crippen LogP contribution in [0.3, 0.4) is 0 Å². The highest BCUT2D eigenvalue weighted by molar-refractivity contribution is 8.76. The van der Waals surface area contributed by atoms with Crippen molar-refractivity contribution in [3.63, 3.8) is 0 Å². The Kier molecular flexibility index (Phi) is 5.78. The molecule has 0 spiro atoms.